The van der Waals surface area contributed by atoms with Gasteiger partial charge in [0.05, 0.1) is 25.1 Å². The molecule has 190 valence electrons. The normalized spacial score (nSPS) is 44.5. The minimum atomic E-state index is 0.439. The highest BCUT2D eigenvalue weighted by Crippen LogP contribution is 2.60. The molecule has 0 aromatic carbocycles. The monoisotopic (exact) mass is 494 g/mol. The topological polar surface area (TPSA) is 32.8 Å². The van der Waals surface area contributed by atoms with E-state index in [4.69, 9.17) is 8.83 Å². The van der Waals surface area contributed by atoms with E-state index in [9.17, 15) is 0 Å². The zero-order chi connectivity index (χ0) is 23.6. The summed E-state index contributed by atoms with van der Waals surface area (Å²) >= 11 is 2.36. The molecule has 35 heavy (non-hydrogen) atoms. The highest BCUT2D eigenvalue weighted by atomic mass is 32.2. The third-order valence-corrected chi connectivity index (χ3v) is 12.7. The number of thioether (sulfide) groups is 1. The van der Waals surface area contributed by atoms with Gasteiger partial charge in [0.15, 0.2) is 0 Å². The van der Waals surface area contributed by atoms with E-state index in [0.717, 1.165) is 23.9 Å². The van der Waals surface area contributed by atoms with Gasteiger partial charge in [-0.05, 0) is 87.2 Å². The van der Waals surface area contributed by atoms with Gasteiger partial charge in [-0.1, -0.05) is 13.8 Å². The van der Waals surface area contributed by atoms with Crippen LogP contribution in [0.15, 0.2) is 46.0 Å². The summed E-state index contributed by atoms with van der Waals surface area (Å²) in [7, 11) is 0. The van der Waals surface area contributed by atoms with Crippen molar-refractivity contribution in [2.24, 2.45) is 17.3 Å². The van der Waals surface area contributed by atoms with Gasteiger partial charge in [0.1, 0.15) is 0 Å². The molecule has 7 heterocycles. The minimum Gasteiger partial charge on any atom is -0.472 e. The van der Waals surface area contributed by atoms with Crippen molar-refractivity contribution in [2.75, 3.05) is 18.8 Å². The maximum atomic E-state index is 5.54. The molecule has 0 saturated carbocycles. The first-order valence-electron chi connectivity index (χ1n) is 14.2. The molecule has 0 radical (unpaired) electrons. The van der Waals surface area contributed by atoms with Crippen molar-refractivity contribution < 1.29 is 8.83 Å². The highest BCUT2D eigenvalue weighted by Gasteiger charge is 2.56. The van der Waals surface area contributed by atoms with Crippen molar-refractivity contribution in [2.45, 2.75) is 101 Å². The highest BCUT2D eigenvalue weighted by molar-refractivity contribution is 8.01. The fourth-order valence-corrected chi connectivity index (χ4v) is 10.9. The number of furan rings is 2. The van der Waals surface area contributed by atoms with Gasteiger partial charge < -0.3 is 8.83 Å². The quantitative estimate of drug-likeness (QED) is 0.437. The molecule has 0 N–H and O–H groups in total. The Kier molecular flexibility index (Phi) is 5.71. The molecular weight excluding hydrogens is 452 g/mol. The molecule has 4 nitrogen and oxygen atoms in total. The van der Waals surface area contributed by atoms with Crippen LogP contribution in [0.2, 0.25) is 0 Å². The second-order valence-electron chi connectivity index (χ2n) is 13.0. The third kappa shape index (κ3) is 3.87. The van der Waals surface area contributed by atoms with Crippen LogP contribution in [0.25, 0.3) is 0 Å². The average Bonchev–Trinajstić information content (AvgIpc) is 3.63. The summed E-state index contributed by atoms with van der Waals surface area (Å²) in [6.07, 6.45) is 20.0. The lowest BCUT2D eigenvalue weighted by Crippen LogP contribution is -2.57. The van der Waals surface area contributed by atoms with Crippen LogP contribution in [0.3, 0.4) is 0 Å². The summed E-state index contributed by atoms with van der Waals surface area (Å²) in [5, 5.41) is 0. The molecule has 5 heteroatoms. The van der Waals surface area contributed by atoms with Crippen molar-refractivity contribution >= 4 is 11.8 Å². The van der Waals surface area contributed by atoms with Crippen LogP contribution < -0.4 is 0 Å². The number of hydrogen-bond acceptors (Lipinski definition) is 5. The van der Waals surface area contributed by atoms with Gasteiger partial charge in [0.2, 0.25) is 0 Å². The first kappa shape index (κ1) is 23.0. The molecule has 5 aliphatic rings. The Morgan fingerprint density at radius 1 is 0.771 bits per heavy atom. The van der Waals surface area contributed by atoms with E-state index < -0.39 is 0 Å². The number of nitrogens with zero attached hydrogens (tertiary/aromatic N) is 2. The Labute approximate surface area is 215 Å². The molecule has 0 bridgehead atoms. The number of hydrogen-bond donors (Lipinski definition) is 0. The maximum Gasteiger partial charge on any atom is 0.0950 e. The Morgan fingerprint density at radius 2 is 1.37 bits per heavy atom. The zero-order valence-corrected chi connectivity index (χ0v) is 22.3. The minimum absolute atomic E-state index is 0.439. The van der Waals surface area contributed by atoms with Crippen molar-refractivity contribution in [3.63, 3.8) is 0 Å². The van der Waals surface area contributed by atoms with Crippen molar-refractivity contribution in [1.29, 1.82) is 0 Å². The molecule has 7 rings (SSSR count). The Bertz CT molecular complexity index is 927. The van der Waals surface area contributed by atoms with E-state index in [1.54, 1.807) is 0 Å². The summed E-state index contributed by atoms with van der Waals surface area (Å²) < 4.78 is 11.5. The summed E-state index contributed by atoms with van der Waals surface area (Å²) in [5.74, 6) is 2.99. The van der Waals surface area contributed by atoms with Crippen LogP contribution in [0.1, 0.15) is 94.8 Å². The fraction of sp³-hybridized carbons (Fsp3) is 0.733. The van der Waals surface area contributed by atoms with Gasteiger partial charge in [-0.15, -0.1) is 0 Å². The van der Waals surface area contributed by atoms with Crippen LogP contribution in [-0.4, -0.2) is 45.5 Å². The predicted octanol–water partition coefficient (Wildman–Crippen LogP) is 7.31. The molecule has 0 amide bonds. The lowest BCUT2D eigenvalue weighted by atomic mass is 9.67. The first-order valence-corrected chi connectivity index (χ1v) is 15.2. The van der Waals surface area contributed by atoms with E-state index in [2.05, 4.69) is 47.5 Å². The Morgan fingerprint density at radius 3 is 1.97 bits per heavy atom. The molecule has 5 fully saturated rings. The lowest BCUT2D eigenvalue weighted by molar-refractivity contribution is -0.0454. The van der Waals surface area contributed by atoms with Crippen LogP contribution in [0, 0.1) is 17.3 Å². The number of fused-ring (bicyclic) bond motifs is 2. The van der Waals surface area contributed by atoms with Crippen molar-refractivity contribution in [3.8, 4) is 0 Å². The zero-order valence-electron chi connectivity index (χ0n) is 21.5. The molecule has 2 spiro atoms. The summed E-state index contributed by atoms with van der Waals surface area (Å²) in [6.45, 7) is 7.56. The molecule has 2 aromatic heterocycles. The van der Waals surface area contributed by atoms with Gasteiger partial charge >= 0.3 is 0 Å². The van der Waals surface area contributed by atoms with Crippen LogP contribution in [0.4, 0.5) is 0 Å². The molecular formula is C30H42N2O2S. The fourth-order valence-electron chi connectivity index (χ4n) is 9.03. The lowest BCUT2D eigenvalue weighted by Gasteiger charge is -2.55. The molecule has 5 saturated heterocycles. The third-order valence-electron chi connectivity index (χ3n) is 10.8. The SMILES string of the molecule is CC1CC[C@@H](c2ccoc2)N2C[C@@]3(CC[C@@H]12)CS[C@]1(CC[C@H]2[C@H](C)CC[C@@H](c4ccoc4)N2C1)C3. The van der Waals surface area contributed by atoms with E-state index in [-0.39, 0.29) is 0 Å². The molecule has 2 aromatic rings. The van der Waals surface area contributed by atoms with Crippen LogP contribution in [-0.2, 0) is 0 Å². The van der Waals surface area contributed by atoms with Gasteiger partial charge in [0.25, 0.3) is 0 Å². The number of piperidine rings is 4. The second kappa shape index (κ2) is 8.70. The second-order valence-corrected chi connectivity index (χ2v) is 14.4. The van der Waals surface area contributed by atoms with Gasteiger partial charge in [-0.3, -0.25) is 9.80 Å². The smallest absolute Gasteiger partial charge is 0.0950 e. The first-order chi connectivity index (χ1) is 17.0. The van der Waals surface area contributed by atoms with Crippen LogP contribution in [0.5, 0.6) is 0 Å². The number of rotatable bonds is 2. The van der Waals surface area contributed by atoms with E-state index in [0.29, 0.717) is 22.2 Å². The van der Waals surface area contributed by atoms with Crippen LogP contribution >= 0.6 is 11.8 Å². The summed E-state index contributed by atoms with van der Waals surface area (Å²) in [6, 6.07) is 7.04. The largest absolute Gasteiger partial charge is 0.472 e. The van der Waals surface area contributed by atoms with Gasteiger partial charge in [-0.2, -0.15) is 11.8 Å². The predicted molar refractivity (Wildman–Crippen MR) is 141 cm³/mol. The average molecular weight is 495 g/mol. The van der Waals surface area contributed by atoms with Gasteiger partial charge in [0, 0.05) is 58.9 Å². The standard InChI is InChI=1S/C30H42N2O2S/c1-21-3-5-27(23-9-13-33-15-23)31-18-29(11-7-25(21)31)17-30(35-20-29)12-8-26-22(2)4-6-28(32(26)19-30)24-10-14-34-16-24/h9-10,13-16,21-22,25-28H,3-8,11-12,17-20H2,1-2H3/t21?,22-,25+,26+,27+,28+,29+,30-/m1/s1. The Balaban J connectivity index is 1.13. The molecule has 0 aliphatic carbocycles. The molecule has 8 atom stereocenters. The summed E-state index contributed by atoms with van der Waals surface area (Å²) in [5.41, 5.74) is 3.30. The van der Waals surface area contributed by atoms with E-state index >= 15 is 0 Å². The Hall–Kier alpha value is -1.17. The molecule has 1 unspecified atom stereocenters. The van der Waals surface area contributed by atoms with E-state index in [1.165, 1.54) is 87.8 Å². The van der Waals surface area contributed by atoms with Crippen molar-refractivity contribution in [1.82, 2.24) is 9.80 Å². The molecule has 5 aliphatic heterocycles. The maximum absolute atomic E-state index is 5.54. The summed E-state index contributed by atoms with van der Waals surface area (Å²) in [4.78, 5) is 5.86. The van der Waals surface area contributed by atoms with Gasteiger partial charge in [-0.25, -0.2) is 0 Å². The van der Waals surface area contributed by atoms with E-state index in [1.807, 2.05) is 25.1 Å². The van der Waals surface area contributed by atoms with Crippen molar-refractivity contribution in [3.05, 3.63) is 48.3 Å².